The predicted octanol–water partition coefficient (Wildman–Crippen LogP) is -2.02. The maximum absolute atomic E-state index is 13.1. The Morgan fingerprint density at radius 3 is 2.73 bits per heavy atom. The molecule has 1 fully saturated rings. The largest absolute Gasteiger partial charge is 0.543 e. The number of hydrogen-bond donors (Lipinski definition) is 5. The van der Waals surface area contributed by atoms with Crippen LogP contribution < -0.4 is 32.2 Å². The van der Waals surface area contributed by atoms with E-state index in [4.69, 9.17) is 27.1 Å². The first kappa shape index (κ1) is 29.9. The predicted molar refractivity (Wildman–Crippen MR) is 148 cm³/mol. The maximum Gasteiger partial charge on any atom is 0.306 e. The minimum atomic E-state index is -1.53. The summed E-state index contributed by atoms with van der Waals surface area (Å²) in [4.78, 5) is 63.4. The molecular formula is C22H25N9O7S3. The molecule has 0 saturated carbocycles. The molecule has 2 amide bonds. The van der Waals surface area contributed by atoms with Gasteiger partial charge in [0.1, 0.15) is 23.7 Å². The highest BCUT2D eigenvalue weighted by molar-refractivity contribution is 8.01. The summed E-state index contributed by atoms with van der Waals surface area (Å²) in [6.07, 6.45) is -0.356. The number of rotatable bonds is 12. The molecule has 2 atom stereocenters. The van der Waals surface area contributed by atoms with Crippen molar-refractivity contribution in [1.82, 2.24) is 20.2 Å². The zero-order chi connectivity index (χ0) is 29.8. The number of fused-ring (bicyclic) bond motifs is 1. The third-order valence-corrected chi connectivity index (χ3v) is 8.90. The molecule has 0 aromatic carbocycles. The minimum absolute atomic E-state index is 0.0648. The quantitative estimate of drug-likeness (QED) is 0.0325. The highest BCUT2D eigenvalue weighted by atomic mass is 32.2. The van der Waals surface area contributed by atoms with Crippen molar-refractivity contribution in [3.63, 3.8) is 0 Å². The van der Waals surface area contributed by atoms with Gasteiger partial charge in [0.2, 0.25) is 11.6 Å². The number of anilines is 3. The highest BCUT2D eigenvalue weighted by Gasteiger charge is 2.53. The fourth-order valence-corrected chi connectivity index (χ4v) is 7.08. The van der Waals surface area contributed by atoms with E-state index in [1.54, 1.807) is 4.57 Å². The van der Waals surface area contributed by atoms with Gasteiger partial charge in [-0.25, -0.2) is 9.55 Å². The number of hydrogen-bond acceptors (Lipinski definition) is 15. The van der Waals surface area contributed by atoms with E-state index in [-0.39, 0.29) is 52.6 Å². The molecule has 218 valence electrons. The molecule has 2 unspecified atom stereocenters. The number of aromatic nitrogens is 3. The average Bonchev–Trinajstić information content (AvgIpc) is 3.34. The second kappa shape index (κ2) is 12.6. The lowest BCUT2D eigenvalue weighted by atomic mass is 10.0. The third kappa shape index (κ3) is 6.46. The van der Waals surface area contributed by atoms with Gasteiger partial charge in [-0.3, -0.25) is 19.3 Å². The lowest BCUT2D eigenvalue weighted by Gasteiger charge is -2.50. The first-order valence-electron chi connectivity index (χ1n) is 11.9. The van der Waals surface area contributed by atoms with Gasteiger partial charge in [0.25, 0.3) is 11.8 Å². The maximum atomic E-state index is 13.1. The number of β-lactam (4-membered cyclic amide) rings is 1. The summed E-state index contributed by atoms with van der Waals surface area (Å²) in [6, 6.07) is 0.448. The van der Waals surface area contributed by atoms with Gasteiger partial charge in [0, 0.05) is 16.9 Å². The first-order valence-corrected chi connectivity index (χ1v) is 14.8. The van der Waals surface area contributed by atoms with Gasteiger partial charge >= 0.3 is 11.1 Å². The van der Waals surface area contributed by atoms with Crippen LogP contribution in [0, 0.1) is 0 Å². The third-order valence-electron chi connectivity index (χ3n) is 5.82. The number of thioether (sulfide) groups is 2. The van der Waals surface area contributed by atoms with Crippen molar-refractivity contribution in [2.75, 3.05) is 35.3 Å². The Morgan fingerprint density at radius 2 is 2.10 bits per heavy atom. The van der Waals surface area contributed by atoms with Gasteiger partial charge in [-0.1, -0.05) is 10.1 Å². The standard InChI is InChI=1S/C22H25N9O7S3/c1-2-30-12(24)5-11(23)27-22(30)41-7-9-6-39-19-15(18(35)31(19)16(9)20(36)37)28-17(34)14(10-8-40-21(25)26-10)29-38-4-3-13(32)33/h5,8,15,19H,2-4,6-7H2,1H3,(H8,23,24,25,26,28,32,33,34,36,37)/b29-14-. The van der Waals surface area contributed by atoms with Crippen LogP contribution in [0.3, 0.4) is 0 Å². The van der Waals surface area contributed by atoms with Crippen molar-refractivity contribution in [2.24, 2.45) is 5.16 Å². The van der Waals surface area contributed by atoms with Crippen LogP contribution in [0.15, 0.2) is 33.0 Å². The topological polar surface area (TPSA) is 256 Å². The SMILES string of the molecule is CC[n+]1c(N)cc(N)nc1SCC1=C(C(=O)[O-])N2C(=O)C(NC(=O)/C(=N\OCCC(=O)O)c3csc(N)n3)C2SC1. The van der Waals surface area contributed by atoms with E-state index < -0.39 is 35.2 Å². The number of carbonyl (C=O) groups is 4. The fourth-order valence-electron chi connectivity index (χ4n) is 3.96. The number of nitrogen functional groups attached to an aromatic ring is 3. The molecular weight excluding hydrogens is 598 g/mol. The second-order valence-electron chi connectivity index (χ2n) is 8.51. The average molecular weight is 624 g/mol. The smallest absolute Gasteiger partial charge is 0.306 e. The molecule has 2 aliphatic rings. The lowest BCUT2D eigenvalue weighted by molar-refractivity contribution is -0.719. The van der Waals surface area contributed by atoms with E-state index in [0.717, 1.165) is 16.2 Å². The molecule has 1 saturated heterocycles. The summed E-state index contributed by atoms with van der Waals surface area (Å²) in [5, 5.41) is 28.5. The van der Waals surface area contributed by atoms with Gasteiger partial charge in [0.05, 0.1) is 30.7 Å². The molecule has 2 aliphatic heterocycles. The van der Waals surface area contributed by atoms with E-state index in [2.05, 4.69) is 20.4 Å². The zero-order valence-electron chi connectivity index (χ0n) is 21.4. The second-order valence-corrected chi connectivity index (χ2v) is 11.4. The molecule has 16 nitrogen and oxygen atoms in total. The number of nitrogens with two attached hydrogens (primary N) is 3. The fraction of sp³-hybridized carbons (Fsp3) is 0.364. The van der Waals surface area contributed by atoms with Gasteiger partial charge in [-0.2, -0.15) is 0 Å². The molecule has 4 heterocycles. The van der Waals surface area contributed by atoms with Crippen LogP contribution >= 0.6 is 34.9 Å². The Kier molecular flexibility index (Phi) is 9.18. The Morgan fingerprint density at radius 1 is 1.34 bits per heavy atom. The van der Waals surface area contributed by atoms with Crippen molar-refractivity contribution >= 4 is 81.1 Å². The number of carbonyl (C=O) groups excluding carboxylic acids is 3. The van der Waals surface area contributed by atoms with E-state index in [0.29, 0.717) is 23.1 Å². The van der Waals surface area contributed by atoms with Gasteiger partial charge in [-0.15, -0.1) is 23.1 Å². The first-order chi connectivity index (χ1) is 19.5. The van der Waals surface area contributed by atoms with Crippen molar-refractivity contribution in [3.05, 3.63) is 28.4 Å². The summed E-state index contributed by atoms with van der Waals surface area (Å²) in [5.41, 5.74) is 17.4. The van der Waals surface area contributed by atoms with Gasteiger partial charge in [-0.05, 0) is 24.3 Å². The number of aliphatic carboxylic acids is 2. The summed E-state index contributed by atoms with van der Waals surface area (Å²) >= 11 is 3.53. The molecule has 4 rings (SSSR count). The number of amides is 2. The summed E-state index contributed by atoms with van der Waals surface area (Å²) in [6.45, 7) is 2.08. The molecule has 2 aromatic rings. The van der Waals surface area contributed by atoms with Crippen LogP contribution in [0.1, 0.15) is 19.0 Å². The number of thiazole rings is 1. The van der Waals surface area contributed by atoms with Crippen LogP contribution in [0.4, 0.5) is 16.8 Å². The number of carboxylic acid groups (broad SMARTS) is 2. The van der Waals surface area contributed by atoms with Crippen LogP contribution in [-0.2, 0) is 30.6 Å². The van der Waals surface area contributed by atoms with E-state index >= 15 is 0 Å². The van der Waals surface area contributed by atoms with Crippen LogP contribution in [0.25, 0.3) is 0 Å². The van der Waals surface area contributed by atoms with Crippen molar-refractivity contribution in [1.29, 1.82) is 0 Å². The normalized spacial score (nSPS) is 18.5. The Labute approximate surface area is 245 Å². The zero-order valence-corrected chi connectivity index (χ0v) is 23.9. The Hall–Kier alpha value is -4.10. The number of carboxylic acids is 2. The summed E-state index contributed by atoms with van der Waals surface area (Å²) in [5.74, 6) is -3.10. The molecule has 0 aliphatic carbocycles. The lowest BCUT2D eigenvalue weighted by Crippen LogP contribution is -2.71. The molecule has 19 heteroatoms. The number of oxime groups is 1. The van der Waals surface area contributed by atoms with Gasteiger partial charge in [0.15, 0.2) is 10.8 Å². The van der Waals surface area contributed by atoms with Crippen molar-refractivity contribution in [2.45, 2.75) is 36.5 Å². The monoisotopic (exact) mass is 623 g/mol. The number of nitrogens with one attached hydrogen (secondary N) is 1. The van der Waals surface area contributed by atoms with Crippen LogP contribution in [0.5, 0.6) is 0 Å². The van der Waals surface area contributed by atoms with Crippen LogP contribution in [-0.4, -0.2) is 79.0 Å². The highest BCUT2D eigenvalue weighted by Crippen LogP contribution is 2.41. The minimum Gasteiger partial charge on any atom is -0.543 e. The molecule has 0 spiro atoms. The summed E-state index contributed by atoms with van der Waals surface area (Å²) in [7, 11) is 0. The van der Waals surface area contributed by atoms with E-state index in [1.807, 2.05) is 6.92 Å². The van der Waals surface area contributed by atoms with Crippen molar-refractivity contribution in [3.8, 4) is 0 Å². The van der Waals surface area contributed by atoms with Crippen LogP contribution in [0.2, 0.25) is 0 Å². The Balaban J connectivity index is 1.50. The Bertz CT molecular complexity index is 1460. The molecule has 41 heavy (non-hydrogen) atoms. The summed E-state index contributed by atoms with van der Waals surface area (Å²) < 4.78 is 1.72. The van der Waals surface area contributed by atoms with E-state index in [9.17, 15) is 24.3 Å². The molecule has 2 aromatic heterocycles. The molecule has 8 N–H and O–H groups in total. The molecule has 0 bridgehead atoms. The molecule has 0 radical (unpaired) electrons. The van der Waals surface area contributed by atoms with Gasteiger partial charge < -0.3 is 42.4 Å². The van der Waals surface area contributed by atoms with Crippen molar-refractivity contribution < 1.29 is 38.8 Å². The number of nitrogens with zero attached hydrogens (tertiary/aromatic N) is 5. The van der Waals surface area contributed by atoms with E-state index in [1.165, 1.54) is 35.0 Å².